The molecule has 37 heavy (non-hydrogen) atoms. The van der Waals surface area contributed by atoms with E-state index >= 15 is 0 Å². The van der Waals surface area contributed by atoms with Gasteiger partial charge in [0.05, 0.1) is 41.8 Å². The van der Waals surface area contributed by atoms with Gasteiger partial charge in [0, 0.05) is 17.1 Å². The fourth-order valence-corrected chi connectivity index (χ4v) is 6.15. The van der Waals surface area contributed by atoms with E-state index in [1.165, 1.54) is 9.47 Å². The molecule has 190 valence electrons. The highest BCUT2D eigenvalue weighted by Gasteiger charge is 2.36. The van der Waals surface area contributed by atoms with E-state index in [-0.39, 0.29) is 22.1 Å². The van der Waals surface area contributed by atoms with Crippen LogP contribution in [0.1, 0.15) is 37.9 Å². The minimum Gasteiger partial charge on any atom is -0.497 e. The number of likely N-dealkylation sites (N-methyl/N-ethyl adjacent to an activating group) is 1. The van der Waals surface area contributed by atoms with Crippen molar-refractivity contribution in [3.05, 3.63) is 89.0 Å². The van der Waals surface area contributed by atoms with Crippen LogP contribution in [0.4, 0.5) is 5.69 Å². The second-order valence-electron chi connectivity index (χ2n) is 9.03. The van der Waals surface area contributed by atoms with E-state index in [0.717, 1.165) is 21.5 Å². The van der Waals surface area contributed by atoms with Gasteiger partial charge < -0.3 is 14.4 Å². The number of hydrogen-bond donors (Lipinski definition) is 0. The number of anilines is 1. The fourth-order valence-electron chi connectivity index (χ4n) is 4.65. The maximum Gasteiger partial charge on any atom is 0.338 e. The largest absolute Gasteiger partial charge is 0.497 e. The number of fused-ring (bicyclic) bond motifs is 2. The number of esters is 1. The molecule has 8 nitrogen and oxygen atoms in total. The predicted octanol–water partition coefficient (Wildman–Crippen LogP) is 3.30. The normalized spacial score (nSPS) is 18.1. The molecular formula is C27H24BrN3O5S. The lowest BCUT2D eigenvalue weighted by Gasteiger charge is -2.25. The zero-order valence-corrected chi connectivity index (χ0v) is 23.3. The number of nitrogens with zero attached hydrogens (tertiary/aromatic N) is 3. The topological polar surface area (TPSA) is 90.2 Å². The highest BCUT2D eigenvalue weighted by Crippen LogP contribution is 2.37. The fraction of sp³-hybridized carbons (Fsp3) is 0.259. The molecule has 0 saturated heterocycles. The minimum absolute atomic E-state index is 0.268. The lowest BCUT2D eigenvalue weighted by molar-refractivity contribution is -0.143. The maximum absolute atomic E-state index is 14.1. The molecule has 2 aliphatic rings. The summed E-state index contributed by atoms with van der Waals surface area (Å²) in [6.07, 6.45) is -0.355. The first-order valence-corrected chi connectivity index (χ1v) is 13.2. The first-order chi connectivity index (χ1) is 17.6. The molecule has 5 rings (SSSR count). The summed E-state index contributed by atoms with van der Waals surface area (Å²) in [5, 5.41) is 0. The molecule has 0 unspecified atom stereocenters. The summed E-state index contributed by atoms with van der Waals surface area (Å²) < 4.78 is 13.5. The zero-order chi connectivity index (χ0) is 26.6. The van der Waals surface area contributed by atoms with Gasteiger partial charge in [0.2, 0.25) is 0 Å². The molecule has 0 bridgehead atoms. The first-order valence-electron chi connectivity index (χ1n) is 11.6. The standard InChI is InChI=1S/C27H24BrN3O5S/c1-13(2)36-26(34)20-14(3)29-27-31(22(20)15-7-6-8-17(11-15)35-5)25(33)23(37-27)21-18-12-16(28)9-10-19(18)30(4)24(21)32/h6-13,22H,1-5H3/b23-21+/t22-/m1/s1. The predicted molar refractivity (Wildman–Crippen MR) is 144 cm³/mol. The van der Waals surface area contributed by atoms with Crippen molar-refractivity contribution in [3.8, 4) is 5.75 Å². The molecule has 1 atom stereocenters. The molecule has 3 aromatic rings. The molecule has 2 aromatic carbocycles. The van der Waals surface area contributed by atoms with Crippen LogP contribution in [0, 0.1) is 0 Å². The molecule has 3 heterocycles. The van der Waals surface area contributed by atoms with Crippen LogP contribution in [0.15, 0.2) is 68.0 Å². The Kier molecular flexibility index (Phi) is 6.41. The van der Waals surface area contributed by atoms with Crippen LogP contribution in [-0.2, 0) is 14.3 Å². The van der Waals surface area contributed by atoms with Crippen molar-refractivity contribution in [1.82, 2.24) is 4.57 Å². The zero-order valence-electron chi connectivity index (χ0n) is 20.9. The Hall–Kier alpha value is -3.50. The van der Waals surface area contributed by atoms with Crippen molar-refractivity contribution in [2.75, 3.05) is 19.1 Å². The number of ether oxygens (including phenoxy) is 2. The molecular weight excluding hydrogens is 558 g/mol. The molecule has 0 spiro atoms. The number of benzene rings is 2. The second kappa shape index (κ2) is 9.42. The van der Waals surface area contributed by atoms with Gasteiger partial charge in [0.1, 0.15) is 10.3 Å². The van der Waals surface area contributed by atoms with Gasteiger partial charge in [0.15, 0.2) is 4.80 Å². The molecule has 0 N–H and O–H groups in total. The van der Waals surface area contributed by atoms with Crippen LogP contribution in [0.2, 0.25) is 0 Å². The Morgan fingerprint density at radius 1 is 1.16 bits per heavy atom. The molecule has 0 aliphatic carbocycles. The number of carbonyl (C=O) groups is 2. The number of aromatic nitrogens is 1. The average Bonchev–Trinajstić information content (AvgIpc) is 3.29. The van der Waals surface area contributed by atoms with Gasteiger partial charge in [-0.1, -0.05) is 39.4 Å². The van der Waals surface area contributed by atoms with E-state index in [4.69, 9.17) is 9.47 Å². The van der Waals surface area contributed by atoms with Crippen LogP contribution in [0.3, 0.4) is 0 Å². The molecule has 1 aromatic heterocycles. The van der Waals surface area contributed by atoms with E-state index in [1.807, 2.05) is 24.3 Å². The van der Waals surface area contributed by atoms with Crippen LogP contribution in [-0.4, -0.2) is 36.7 Å². The number of carbonyl (C=O) groups excluding carboxylic acids is 2. The van der Waals surface area contributed by atoms with Gasteiger partial charge in [0.25, 0.3) is 11.5 Å². The van der Waals surface area contributed by atoms with Gasteiger partial charge in [-0.15, -0.1) is 0 Å². The third-order valence-corrected chi connectivity index (χ3v) is 7.85. The minimum atomic E-state index is -0.803. The summed E-state index contributed by atoms with van der Waals surface area (Å²) in [7, 11) is 3.24. The Bertz CT molecular complexity index is 1680. The number of halogens is 1. The molecule has 1 amide bonds. The van der Waals surface area contributed by atoms with Crippen molar-refractivity contribution in [3.63, 3.8) is 0 Å². The van der Waals surface area contributed by atoms with Gasteiger partial charge in [-0.05, 0) is 56.7 Å². The Balaban J connectivity index is 1.83. The monoisotopic (exact) mass is 581 g/mol. The molecule has 10 heteroatoms. The quantitative estimate of drug-likeness (QED) is 0.441. The highest BCUT2D eigenvalue weighted by atomic mass is 79.9. The average molecular weight is 582 g/mol. The number of hydrogen-bond acceptors (Lipinski definition) is 7. The first kappa shape index (κ1) is 25.2. The van der Waals surface area contributed by atoms with Gasteiger partial charge in [-0.3, -0.25) is 14.2 Å². The molecule has 0 fully saturated rings. The summed E-state index contributed by atoms with van der Waals surface area (Å²) >= 11 is 4.61. The van der Waals surface area contributed by atoms with Gasteiger partial charge in [-0.2, -0.15) is 0 Å². The van der Waals surface area contributed by atoms with Gasteiger partial charge >= 0.3 is 5.97 Å². The Labute approximate surface area is 225 Å². The van der Waals surface area contributed by atoms with Crippen molar-refractivity contribution >= 4 is 50.4 Å². The van der Waals surface area contributed by atoms with E-state index in [1.54, 1.807) is 53.1 Å². The third kappa shape index (κ3) is 4.14. The van der Waals surface area contributed by atoms with Crippen LogP contribution in [0.25, 0.3) is 5.57 Å². The summed E-state index contributed by atoms with van der Waals surface area (Å²) in [6, 6.07) is 11.9. The third-order valence-electron chi connectivity index (χ3n) is 6.30. The van der Waals surface area contributed by atoms with E-state index in [2.05, 4.69) is 20.9 Å². The van der Waals surface area contributed by atoms with Crippen LogP contribution >= 0.6 is 27.3 Å². The van der Waals surface area contributed by atoms with Crippen molar-refractivity contribution in [2.24, 2.45) is 4.99 Å². The number of rotatable bonds is 4. The number of amides is 1. The Morgan fingerprint density at radius 2 is 1.92 bits per heavy atom. The number of methoxy groups -OCH3 is 1. The molecule has 0 saturated carbocycles. The molecule has 0 radical (unpaired) electrons. The summed E-state index contributed by atoms with van der Waals surface area (Å²) in [5.74, 6) is -0.237. The van der Waals surface area contributed by atoms with E-state index in [9.17, 15) is 14.4 Å². The smallest absolute Gasteiger partial charge is 0.338 e. The molecule has 2 aliphatic heterocycles. The lowest BCUT2D eigenvalue weighted by atomic mass is 9.95. The Morgan fingerprint density at radius 3 is 2.62 bits per heavy atom. The lowest BCUT2D eigenvalue weighted by Crippen LogP contribution is -2.41. The highest BCUT2D eigenvalue weighted by molar-refractivity contribution is 9.10. The summed E-state index contributed by atoms with van der Waals surface area (Å²) in [4.78, 5) is 47.3. The van der Waals surface area contributed by atoms with Gasteiger partial charge in [-0.25, -0.2) is 9.79 Å². The second-order valence-corrected chi connectivity index (χ2v) is 10.9. The van der Waals surface area contributed by atoms with Crippen LogP contribution in [0.5, 0.6) is 5.75 Å². The van der Waals surface area contributed by atoms with Crippen molar-refractivity contribution in [2.45, 2.75) is 32.9 Å². The summed E-state index contributed by atoms with van der Waals surface area (Å²) in [5.41, 5.74) is 2.69. The SMILES string of the molecule is COc1cccc([C@@H]2C(C(=O)OC(C)C)=C(C)N=c3s/c(=C4/C(=O)N(C)c5ccc(Br)cc54)c(=O)n32)c1. The maximum atomic E-state index is 14.1. The summed E-state index contributed by atoms with van der Waals surface area (Å²) in [6.45, 7) is 5.26. The van der Waals surface area contributed by atoms with Crippen LogP contribution < -0.4 is 24.5 Å². The number of allylic oxidation sites excluding steroid dienone is 1. The van der Waals surface area contributed by atoms with Crippen molar-refractivity contribution < 1.29 is 19.1 Å². The van der Waals surface area contributed by atoms with E-state index < -0.39 is 17.6 Å². The van der Waals surface area contributed by atoms with Crippen molar-refractivity contribution in [1.29, 1.82) is 0 Å². The van der Waals surface area contributed by atoms with E-state index in [0.29, 0.717) is 32.9 Å². The number of thiazole rings is 1.